The van der Waals surface area contributed by atoms with Crippen LogP contribution in [0.5, 0.6) is 5.75 Å². The van der Waals surface area contributed by atoms with Gasteiger partial charge < -0.3 is 10.1 Å². The van der Waals surface area contributed by atoms with E-state index in [4.69, 9.17) is 16.3 Å². The predicted octanol–water partition coefficient (Wildman–Crippen LogP) is 3.24. The topological polar surface area (TPSA) is 79.9 Å². The van der Waals surface area contributed by atoms with Crippen molar-refractivity contribution in [1.82, 2.24) is 15.2 Å². The van der Waals surface area contributed by atoms with Crippen LogP contribution in [-0.2, 0) is 0 Å². The number of ether oxygens (including phenoxy) is 1. The van der Waals surface area contributed by atoms with Crippen LogP contribution in [0.2, 0.25) is 5.02 Å². The van der Waals surface area contributed by atoms with Gasteiger partial charge in [-0.3, -0.25) is 9.78 Å². The van der Waals surface area contributed by atoms with Crippen molar-refractivity contribution >= 4 is 23.2 Å². The summed E-state index contributed by atoms with van der Waals surface area (Å²) in [7, 11) is 1.54. The molecule has 0 radical (unpaired) electrons. The molecule has 0 aliphatic carbocycles. The maximum Gasteiger partial charge on any atom is 0.279 e. The first-order valence-electron chi connectivity index (χ1n) is 6.80. The molecule has 0 bridgehead atoms. The molecular formula is C16H13ClN4O2. The fraction of sp³-hybridized carbons (Fsp3) is 0.0625. The number of nitrogens with zero attached hydrogens (tertiary/aromatic N) is 2. The molecule has 1 aromatic heterocycles. The summed E-state index contributed by atoms with van der Waals surface area (Å²) in [5.41, 5.74) is 1.20. The molecule has 0 unspecified atom stereocenters. The van der Waals surface area contributed by atoms with Crippen LogP contribution in [0.4, 0.5) is 11.6 Å². The molecule has 2 aromatic carbocycles. The highest BCUT2D eigenvalue weighted by Crippen LogP contribution is 2.29. The second kappa shape index (κ2) is 6.50. The largest absolute Gasteiger partial charge is 0.495 e. The summed E-state index contributed by atoms with van der Waals surface area (Å²) in [4.78, 5) is 14.9. The summed E-state index contributed by atoms with van der Waals surface area (Å²) in [5, 5.41) is 11.5. The Morgan fingerprint density at radius 2 is 1.91 bits per heavy atom. The summed E-state index contributed by atoms with van der Waals surface area (Å²) in [6.45, 7) is 0. The molecule has 1 heterocycles. The van der Waals surface area contributed by atoms with E-state index >= 15 is 0 Å². The van der Waals surface area contributed by atoms with Gasteiger partial charge in [0.05, 0.1) is 12.8 Å². The Labute approximate surface area is 137 Å². The summed E-state index contributed by atoms with van der Waals surface area (Å²) < 4.78 is 5.23. The van der Waals surface area contributed by atoms with E-state index in [1.807, 2.05) is 18.2 Å². The van der Waals surface area contributed by atoms with Crippen LogP contribution in [0.1, 0.15) is 0 Å². The van der Waals surface area contributed by atoms with Gasteiger partial charge in [-0.2, -0.15) is 0 Å². The minimum atomic E-state index is -0.338. The van der Waals surface area contributed by atoms with E-state index in [9.17, 15) is 4.79 Å². The predicted molar refractivity (Wildman–Crippen MR) is 89.4 cm³/mol. The highest BCUT2D eigenvalue weighted by molar-refractivity contribution is 6.30. The molecule has 3 aromatic rings. The molecular weight excluding hydrogens is 316 g/mol. The van der Waals surface area contributed by atoms with Crippen molar-refractivity contribution in [2.75, 3.05) is 12.4 Å². The van der Waals surface area contributed by atoms with Gasteiger partial charge in [-0.1, -0.05) is 41.9 Å². The zero-order chi connectivity index (χ0) is 16.2. The average Bonchev–Trinajstić information content (AvgIpc) is 2.56. The lowest BCUT2D eigenvalue weighted by Gasteiger charge is -2.10. The zero-order valence-electron chi connectivity index (χ0n) is 12.2. The third kappa shape index (κ3) is 3.32. The van der Waals surface area contributed by atoms with Gasteiger partial charge in [-0.15, -0.1) is 10.2 Å². The van der Waals surface area contributed by atoms with Crippen LogP contribution in [0, 0.1) is 0 Å². The molecule has 0 amide bonds. The molecule has 0 spiro atoms. The molecule has 0 aliphatic rings. The van der Waals surface area contributed by atoms with Crippen LogP contribution in [0.15, 0.2) is 53.3 Å². The van der Waals surface area contributed by atoms with Gasteiger partial charge in [0.15, 0.2) is 5.69 Å². The van der Waals surface area contributed by atoms with Crippen molar-refractivity contribution in [2.45, 2.75) is 0 Å². The molecule has 0 saturated carbocycles. The molecule has 3 rings (SSSR count). The molecule has 23 heavy (non-hydrogen) atoms. The highest BCUT2D eigenvalue weighted by Gasteiger charge is 2.09. The Kier molecular flexibility index (Phi) is 4.25. The van der Waals surface area contributed by atoms with Crippen LogP contribution in [0.3, 0.4) is 0 Å². The third-order valence-corrected chi connectivity index (χ3v) is 3.39. The Bertz CT molecular complexity index is 881. The number of nitrogens with one attached hydrogen (secondary N) is 2. The number of hydrogen-bond acceptors (Lipinski definition) is 5. The van der Waals surface area contributed by atoms with Crippen molar-refractivity contribution in [3.8, 4) is 17.0 Å². The Hall–Kier alpha value is -2.86. The van der Waals surface area contributed by atoms with Crippen molar-refractivity contribution in [2.24, 2.45) is 0 Å². The zero-order valence-corrected chi connectivity index (χ0v) is 13.0. The van der Waals surface area contributed by atoms with E-state index < -0.39 is 0 Å². The highest BCUT2D eigenvalue weighted by atomic mass is 35.5. The normalized spacial score (nSPS) is 10.3. The number of benzene rings is 2. The van der Waals surface area contributed by atoms with Crippen molar-refractivity contribution in [1.29, 1.82) is 0 Å². The molecule has 0 fully saturated rings. The minimum Gasteiger partial charge on any atom is -0.495 e. The summed E-state index contributed by atoms with van der Waals surface area (Å²) in [6.07, 6.45) is 0. The molecule has 116 valence electrons. The second-order valence-electron chi connectivity index (χ2n) is 4.69. The van der Waals surface area contributed by atoms with E-state index in [1.165, 1.54) is 0 Å². The van der Waals surface area contributed by atoms with Crippen molar-refractivity contribution < 1.29 is 4.74 Å². The van der Waals surface area contributed by atoms with Gasteiger partial charge in [-0.05, 0) is 18.2 Å². The van der Waals surface area contributed by atoms with Gasteiger partial charge in [-0.25, -0.2) is 0 Å². The number of aromatic amines is 1. The minimum absolute atomic E-state index is 0.204. The maximum absolute atomic E-state index is 12.2. The van der Waals surface area contributed by atoms with Gasteiger partial charge >= 0.3 is 0 Å². The number of H-pyrrole nitrogens is 1. The molecule has 0 aliphatic heterocycles. The van der Waals surface area contributed by atoms with Crippen molar-refractivity contribution in [3.05, 3.63) is 63.9 Å². The van der Waals surface area contributed by atoms with Gasteiger partial charge in [0, 0.05) is 10.6 Å². The summed E-state index contributed by atoms with van der Waals surface area (Å²) in [5.74, 6) is 0.777. The van der Waals surface area contributed by atoms with Crippen LogP contribution >= 0.6 is 11.6 Å². The van der Waals surface area contributed by atoms with Gasteiger partial charge in [0.25, 0.3) is 5.56 Å². The van der Waals surface area contributed by atoms with Crippen LogP contribution < -0.4 is 15.6 Å². The molecule has 2 N–H and O–H groups in total. The Balaban J connectivity index is 1.93. The van der Waals surface area contributed by atoms with Gasteiger partial charge in [0.2, 0.25) is 5.95 Å². The Morgan fingerprint density at radius 1 is 1.13 bits per heavy atom. The number of aromatic nitrogens is 3. The molecule has 0 saturated heterocycles. The first kappa shape index (κ1) is 15.1. The van der Waals surface area contributed by atoms with E-state index in [1.54, 1.807) is 37.4 Å². The summed E-state index contributed by atoms with van der Waals surface area (Å²) >= 11 is 5.97. The fourth-order valence-electron chi connectivity index (χ4n) is 2.08. The second-order valence-corrected chi connectivity index (χ2v) is 5.12. The first-order chi connectivity index (χ1) is 11.2. The first-order valence-corrected chi connectivity index (χ1v) is 7.18. The molecule has 0 atom stereocenters. The van der Waals surface area contributed by atoms with Crippen molar-refractivity contribution in [3.63, 3.8) is 0 Å². The molecule has 7 heteroatoms. The molecule has 6 nitrogen and oxygen atoms in total. The third-order valence-electron chi connectivity index (χ3n) is 3.16. The van der Waals surface area contributed by atoms with Gasteiger partial charge in [0.1, 0.15) is 5.75 Å². The lowest BCUT2D eigenvalue weighted by Crippen LogP contribution is -2.15. The average molecular weight is 329 g/mol. The van der Waals surface area contributed by atoms with Crippen LogP contribution in [-0.4, -0.2) is 22.3 Å². The Morgan fingerprint density at radius 3 is 2.61 bits per heavy atom. The fourth-order valence-corrected chi connectivity index (χ4v) is 2.26. The smallest absolute Gasteiger partial charge is 0.279 e. The number of rotatable bonds is 4. The number of methoxy groups -OCH3 is 1. The van der Waals surface area contributed by atoms with E-state index in [-0.39, 0.29) is 17.2 Å². The summed E-state index contributed by atoms with van der Waals surface area (Å²) in [6, 6.07) is 14.2. The van der Waals surface area contributed by atoms with E-state index in [2.05, 4.69) is 20.5 Å². The number of halogens is 1. The quantitative estimate of drug-likeness (QED) is 0.768. The van der Waals surface area contributed by atoms with E-state index in [0.29, 0.717) is 22.0 Å². The van der Waals surface area contributed by atoms with Crippen LogP contribution in [0.25, 0.3) is 11.3 Å². The lowest BCUT2D eigenvalue weighted by atomic mass is 10.2. The lowest BCUT2D eigenvalue weighted by molar-refractivity contribution is 0.417. The monoisotopic (exact) mass is 328 g/mol. The maximum atomic E-state index is 12.2. The SMILES string of the molecule is COc1ccc(Cl)cc1Nc1nnc(-c2ccccc2)c(=O)[nH]1. The number of anilines is 2. The van der Waals surface area contributed by atoms with E-state index in [0.717, 1.165) is 0 Å². The standard InChI is InChI=1S/C16H13ClN4O2/c1-23-13-8-7-11(17)9-12(13)18-16-19-15(22)14(20-21-16)10-5-3-2-4-6-10/h2-9H,1H3,(H2,18,19,21,22). The number of hydrogen-bond donors (Lipinski definition) is 2.